The number of amides is 1. The molecule has 140 valence electrons. The van der Waals surface area contributed by atoms with E-state index in [-0.39, 0.29) is 11.9 Å². The van der Waals surface area contributed by atoms with Gasteiger partial charge in [0, 0.05) is 53.8 Å². The van der Waals surface area contributed by atoms with Crippen molar-refractivity contribution in [3.63, 3.8) is 0 Å². The van der Waals surface area contributed by atoms with E-state index in [1.165, 1.54) is 0 Å². The van der Waals surface area contributed by atoms with Crippen LogP contribution in [0, 0.1) is 0 Å². The number of fused-ring (bicyclic) bond motifs is 1. The summed E-state index contributed by atoms with van der Waals surface area (Å²) in [5, 5.41) is 3.41. The predicted molar refractivity (Wildman–Crippen MR) is 109 cm³/mol. The first-order valence-corrected chi connectivity index (χ1v) is 10.3. The average molecular weight is 381 g/mol. The smallest absolute Gasteiger partial charge is 0.254 e. The highest BCUT2D eigenvalue weighted by atomic mass is 32.2. The molecule has 2 atom stereocenters. The van der Waals surface area contributed by atoms with Gasteiger partial charge in [0.05, 0.1) is 5.69 Å². The number of nitrogens with one attached hydrogen (secondary N) is 1. The highest BCUT2D eigenvalue weighted by molar-refractivity contribution is 7.98. The fraction of sp³-hybridized carbons (Fsp3) is 0.333. The number of nitrogens with zero attached hydrogens (tertiary/aromatic N) is 3. The minimum absolute atomic E-state index is 0.118. The molecule has 4 rings (SSSR count). The molecule has 0 aliphatic carbocycles. The summed E-state index contributed by atoms with van der Waals surface area (Å²) in [6.07, 6.45) is 4.07. The number of aromatic nitrogens is 2. The number of carbonyl (C=O) groups is 1. The molecule has 0 spiro atoms. The van der Waals surface area contributed by atoms with Crippen LogP contribution < -0.4 is 5.32 Å². The molecule has 1 aliphatic rings. The van der Waals surface area contributed by atoms with Crippen LogP contribution in [0.4, 0.5) is 0 Å². The van der Waals surface area contributed by atoms with E-state index in [1.54, 1.807) is 11.8 Å². The minimum Gasteiger partial charge on any atom is -0.333 e. The van der Waals surface area contributed by atoms with Crippen molar-refractivity contribution < 1.29 is 4.79 Å². The van der Waals surface area contributed by atoms with E-state index in [2.05, 4.69) is 30.3 Å². The molecule has 0 radical (unpaired) electrons. The highest BCUT2D eigenvalue weighted by Gasteiger charge is 2.28. The lowest BCUT2D eigenvalue weighted by atomic mass is 10.1. The Bertz CT molecular complexity index is 904. The monoisotopic (exact) mass is 380 g/mol. The number of carbonyl (C=O) groups excluding carboxylic acids is 1. The largest absolute Gasteiger partial charge is 0.333 e. The molecule has 1 fully saturated rings. The molecular formula is C21H24N4OS. The van der Waals surface area contributed by atoms with E-state index >= 15 is 0 Å². The Morgan fingerprint density at radius 1 is 1.22 bits per heavy atom. The standard InChI is InChI=1S/C21H24N4OS/c1-15-16(2)25(12-10-22-15)21(26)17-6-8-19(9-7-17)27-14-18-13-24-11-4-3-5-20(24)23-18/h3-9,11,13,15-16,22H,10,12,14H2,1-2H3. The third-order valence-corrected chi connectivity index (χ3v) is 6.24. The molecule has 27 heavy (non-hydrogen) atoms. The zero-order valence-corrected chi connectivity index (χ0v) is 16.4. The van der Waals surface area contributed by atoms with Crippen LogP contribution >= 0.6 is 11.8 Å². The summed E-state index contributed by atoms with van der Waals surface area (Å²) in [6.45, 7) is 5.84. The summed E-state index contributed by atoms with van der Waals surface area (Å²) in [6, 6.07) is 14.5. The van der Waals surface area contributed by atoms with Gasteiger partial charge in [0.25, 0.3) is 5.91 Å². The molecule has 5 nitrogen and oxygen atoms in total. The molecule has 2 unspecified atom stereocenters. The van der Waals surface area contributed by atoms with Crippen molar-refractivity contribution in [1.29, 1.82) is 0 Å². The number of piperazine rings is 1. The lowest BCUT2D eigenvalue weighted by Gasteiger charge is -2.38. The minimum atomic E-state index is 0.118. The van der Waals surface area contributed by atoms with Crippen LogP contribution in [0.15, 0.2) is 59.8 Å². The SMILES string of the molecule is CC1NCCN(C(=O)c2ccc(SCc3cn4ccccc4n3)cc2)C1C. The number of hydrogen-bond donors (Lipinski definition) is 1. The molecule has 2 aromatic heterocycles. The second-order valence-corrected chi connectivity index (χ2v) is 8.04. The molecule has 0 saturated carbocycles. The molecule has 1 saturated heterocycles. The van der Waals surface area contributed by atoms with E-state index in [0.717, 1.165) is 40.6 Å². The van der Waals surface area contributed by atoms with Gasteiger partial charge >= 0.3 is 0 Å². The highest BCUT2D eigenvalue weighted by Crippen LogP contribution is 2.24. The summed E-state index contributed by atoms with van der Waals surface area (Å²) in [7, 11) is 0. The summed E-state index contributed by atoms with van der Waals surface area (Å²) < 4.78 is 2.04. The van der Waals surface area contributed by atoms with Gasteiger partial charge in [0.2, 0.25) is 0 Å². The van der Waals surface area contributed by atoms with Crippen LogP contribution in [0.2, 0.25) is 0 Å². The van der Waals surface area contributed by atoms with Gasteiger partial charge in [0.15, 0.2) is 0 Å². The lowest BCUT2D eigenvalue weighted by molar-refractivity contribution is 0.0603. The Hall–Kier alpha value is -2.31. The van der Waals surface area contributed by atoms with Crippen molar-refractivity contribution in [2.45, 2.75) is 36.6 Å². The molecule has 1 aromatic carbocycles. The number of thioether (sulfide) groups is 1. The predicted octanol–water partition coefficient (Wildman–Crippen LogP) is 3.45. The third-order valence-electron chi connectivity index (χ3n) is 5.20. The van der Waals surface area contributed by atoms with Crippen LogP contribution in [-0.2, 0) is 5.75 Å². The number of imidazole rings is 1. The third kappa shape index (κ3) is 3.87. The summed E-state index contributed by atoms with van der Waals surface area (Å²) in [5.41, 5.74) is 2.77. The van der Waals surface area contributed by atoms with Crippen LogP contribution in [0.5, 0.6) is 0 Å². The zero-order valence-electron chi connectivity index (χ0n) is 15.6. The topological polar surface area (TPSA) is 49.6 Å². The van der Waals surface area contributed by atoms with E-state index < -0.39 is 0 Å². The van der Waals surface area contributed by atoms with Gasteiger partial charge in [-0.2, -0.15) is 0 Å². The molecule has 0 bridgehead atoms. The fourth-order valence-corrected chi connectivity index (χ4v) is 4.20. The number of hydrogen-bond acceptors (Lipinski definition) is 4. The molecule has 6 heteroatoms. The van der Waals surface area contributed by atoms with E-state index in [4.69, 9.17) is 0 Å². The molecule has 3 heterocycles. The van der Waals surface area contributed by atoms with E-state index in [0.29, 0.717) is 6.04 Å². The first-order valence-electron chi connectivity index (χ1n) is 9.31. The maximum Gasteiger partial charge on any atom is 0.254 e. The van der Waals surface area contributed by atoms with Crippen LogP contribution in [-0.4, -0.2) is 45.4 Å². The van der Waals surface area contributed by atoms with Gasteiger partial charge in [-0.3, -0.25) is 4.79 Å². The van der Waals surface area contributed by atoms with E-state index in [9.17, 15) is 4.79 Å². The number of pyridine rings is 1. The van der Waals surface area contributed by atoms with Crippen molar-refractivity contribution >= 4 is 23.3 Å². The molecule has 1 amide bonds. The van der Waals surface area contributed by atoms with Crippen LogP contribution in [0.3, 0.4) is 0 Å². The Morgan fingerprint density at radius 3 is 2.81 bits per heavy atom. The van der Waals surface area contributed by atoms with Crippen molar-refractivity contribution in [3.05, 3.63) is 66.1 Å². The maximum absolute atomic E-state index is 12.8. The second-order valence-electron chi connectivity index (χ2n) is 6.99. The molecule has 3 aromatic rings. The van der Waals surface area contributed by atoms with E-state index in [1.807, 2.05) is 58.0 Å². The Labute approximate surface area is 163 Å². The van der Waals surface area contributed by atoms with Gasteiger partial charge in [-0.15, -0.1) is 11.8 Å². The first-order chi connectivity index (χ1) is 13.1. The quantitative estimate of drug-likeness (QED) is 0.705. The number of rotatable bonds is 4. The van der Waals surface area contributed by atoms with Gasteiger partial charge < -0.3 is 14.6 Å². The van der Waals surface area contributed by atoms with Crippen molar-refractivity contribution in [3.8, 4) is 0 Å². The number of benzene rings is 1. The second kappa shape index (κ2) is 7.74. The first kappa shape index (κ1) is 18.1. The van der Waals surface area contributed by atoms with Crippen molar-refractivity contribution in [2.75, 3.05) is 13.1 Å². The van der Waals surface area contributed by atoms with Gasteiger partial charge in [-0.25, -0.2) is 4.98 Å². The summed E-state index contributed by atoms with van der Waals surface area (Å²) >= 11 is 1.73. The summed E-state index contributed by atoms with van der Waals surface area (Å²) in [5.74, 6) is 0.925. The molecular weight excluding hydrogens is 356 g/mol. The molecule has 1 aliphatic heterocycles. The summed E-state index contributed by atoms with van der Waals surface area (Å²) in [4.78, 5) is 20.6. The van der Waals surface area contributed by atoms with Gasteiger partial charge in [-0.05, 0) is 50.2 Å². The Kier molecular flexibility index (Phi) is 5.18. The fourth-order valence-electron chi connectivity index (χ4n) is 3.42. The van der Waals surface area contributed by atoms with Gasteiger partial charge in [0.1, 0.15) is 5.65 Å². The van der Waals surface area contributed by atoms with Crippen LogP contribution in [0.1, 0.15) is 29.9 Å². The molecule has 1 N–H and O–H groups in total. The Morgan fingerprint density at radius 2 is 2.04 bits per heavy atom. The average Bonchev–Trinajstić information content (AvgIpc) is 3.11. The maximum atomic E-state index is 12.8. The normalized spacial score (nSPS) is 20.1. The van der Waals surface area contributed by atoms with Crippen molar-refractivity contribution in [1.82, 2.24) is 19.6 Å². The lowest BCUT2D eigenvalue weighted by Crippen LogP contribution is -2.57. The zero-order chi connectivity index (χ0) is 18.8. The Balaban J connectivity index is 1.40. The van der Waals surface area contributed by atoms with Crippen molar-refractivity contribution in [2.24, 2.45) is 0 Å². The van der Waals surface area contributed by atoms with Gasteiger partial charge in [-0.1, -0.05) is 6.07 Å². The van der Waals surface area contributed by atoms with Crippen LogP contribution in [0.25, 0.3) is 5.65 Å².